The SMILES string of the molecule is [2H][C@](Nc1cc(Cl)c2ncc(C#N)c(NCCC(C)C)c2c1)(c1ccc(F)cc1)c1cn(C2CC2)nn1. The van der Waals surface area contributed by atoms with Gasteiger partial charge in [0.2, 0.25) is 0 Å². The monoisotopic (exact) mass is 504 g/mol. The van der Waals surface area contributed by atoms with Crippen LogP contribution in [0.15, 0.2) is 48.8 Å². The molecule has 1 aliphatic rings. The fourth-order valence-corrected chi connectivity index (χ4v) is 4.31. The molecule has 1 atom stereocenters. The van der Waals surface area contributed by atoms with Gasteiger partial charge < -0.3 is 10.6 Å². The van der Waals surface area contributed by atoms with E-state index < -0.39 is 11.8 Å². The Kier molecular flexibility index (Phi) is 6.39. The lowest BCUT2D eigenvalue weighted by atomic mass is 10.0. The minimum Gasteiger partial charge on any atom is -0.383 e. The number of halogens is 2. The Morgan fingerprint density at radius 3 is 2.75 bits per heavy atom. The molecule has 0 unspecified atom stereocenters. The minimum absolute atomic E-state index is 0.295. The number of fused-ring (bicyclic) bond motifs is 1. The maximum absolute atomic E-state index is 13.7. The Hall–Kier alpha value is -3.70. The van der Waals surface area contributed by atoms with E-state index in [0.29, 0.717) is 62.6 Å². The maximum Gasteiger partial charge on any atom is 0.123 e. The highest BCUT2D eigenvalue weighted by atomic mass is 35.5. The average molecular weight is 505 g/mol. The standard InChI is InChI=1S/C27H27ClFN7/c1-16(2)9-10-31-25-18(13-30)14-32-27-22(25)11-20(12-23(27)28)33-26(17-3-5-19(29)6-4-17)24-15-36(35-34-24)21-7-8-21/h3-6,11-12,14-16,21,26,33H,7-10H2,1-2H3,(H,31,32)/t26-/m0/s1/i26D. The van der Waals surface area contributed by atoms with Crippen molar-refractivity contribution in [1.29, 1.82) is 5.26 Å². The van der Waals surface area contributed by atoms with Crippen molar-refractivity contribution in [3.05, 3.63) is 76.5 Å². The predicted octanol–water partition coefficient (Wildman–Crippen LogP) is 6.48. The largest absolute Gasteiger partial charge is 0.383 e. The summed E-state index contributed by atoms with van der Waals surface area (Å²) in [4.78, 5) is 4.41. The number of pyridine rings is 1. The van der Waals surface area contributed by atoms with Gasteiger partial charge in [0, 0.05) is 23.8 Å². The number of benzene rings is 2. The van der Waals surface area contributed by atoms with Gasteiger partial charge in [-0.3, -0.25) is 4.98 Å². The molecule has 0 amide bonds. The lowest BCUT2D eigenvalue weighted by molar-refractivity contribution is 0.607. The molecule has 2 heterocycles. The first-order valence-electron chi connectivity index (χ1n) is 12.5. The third-order valence-electron chi connectivity index (χ3n) is 6.16. The van der Waals surface area contributed by atoms with Crippen LogP contribution in [-0.2, 0) is 0 Å². The van der Waals surface area contributed by atoms with E-state index in [1.54, 1.807) is 29.1 Å². The van der Waals surface area contributed by atoms with Crippen LogP contribution in [-0.4, -0.2) is 26.5 Å². The summed E-state index contributed by atoms with van der Waals surface area (Å²) >= 11 is 6.65. The molecule has 0 radical (unpaired) electrons. The van der Waals surface area contributed by atoms with E-state index in [-0.39, 0.29) is 0 Å². The Morgan fingerprint density at radius 2 is 2.06 bits per heavy atom. The molecule has 4 aromatic rings. The molecular formula is C27H27ClFN7. The molecule has 2 N–H and O–H groups in total. The normalized spacial score (nSPS) is 15.4. The predicted molar refractivity (Wildman–Crippen MR) is 140 cm³/mol. The smallest absolute Gasteiger partial charge is 0.123 e. The number of hydrogen-bond acceptors (Lipinski definition) is 6. The van der Waals surface area contributed by atoms with Crippen molar-refractivity contribution in [2.45, 2.75) is 45.2 Å². The second-order valence-corrected chi connectivity index (χ2v) is 9.85. The van der Waals surface area contributed by atoms with Gasteiger partial charge in [-0.2, -0.15) is 5.26 Å². The lowest BCUT2D eigenvalue weighted by Gasteiger charge is -2.20. The van der Waals surface area contributed by atoms with Gasteiger partial charge in [0.15, 0.2) is 0 Å². The van der Waals surface area contributed by atoms with Gasteiger partial charge in [-0.05, 0) is 55.0 Å². The summed E-state index contributed by atoms with van der Waals surface area (Å²) in [6.45, 7) is 4.96. The first-order valence-corrected chi connectivity index (χ1v) is 12.4. The maximum atomic E-state index is 13.7. The van der Waals surface area contributed by atoms with E-state index in [1.165, 1.54) is 18.3 Å². The van der Waals surface area contributed by atoms with E-state index >= 15 is 0 Å². The van der Waals surface area contributed by atoms with Crippen LogP contribution >= 0.6 is 11.6 Å². The van der Waals surface area contributed by atoms with Crippen molar-refractivity contribution < 1.29 is 5.76 Å². The highest BCUT2D eigenvalue weighted by molar-refractivity contribution is 6.35. The van der Waals surface area contributed by atoms with Gasteiger partial charge in [0.05, 0.1) is 41.4 Å². The summed E-state index contributed by atoms with van der Waals surface area (Å²) in [7, 11) is 0. The molecule has 0 bridgehead atoms. The fourth-order valence-electron chi connectivity index (χ4n) is 4.05. The molecule has 9 heteroatoms. The highest BCUT2D eigenvalue weighted by Crippen LogP contribution is 2.37. The van der Waals surface area contributed by atoms with Crippen LogP contribution in [0, 0.1) is 23.1 Å². The Balaban J connectivity index is 1.59. The molecule has 2 aromatic carbocycles. The molecule has 1 aliphatic carbocycles. The summed E-state index contributed by atoms with van der Waals surface area (Å²) in [5.74, 6) is 0.101. The van der Waals surface area contributed by atoms with Gasteiger partial charge >= 0.3 is 0 Å². The average Bonchev–Trinajstić information content (AvgIpc) is 3.60. The fraction of sp³-hybridized carbons (Fsp3) is 0.333. The van der Waals surface area contributed by atoms with Crippen molar-refractivity contribution >= 4 is 33.9 Å². The Bertz CT molecular complexity index is 1480. The van der Waals surface area contributed by atoms with Crippen LogP contribution in [0.1, 0.15) is 63.4 Å². The second-order valence-electron chi connectivity index (χ2n) is 9.44. The van der Waals surface area contributed by atoms with Crippen molar-refractivity contribution in [3.63, 3.8) is 0 Å². The summed E-state index contributed by atoms with van der Waals surface area (Å²) in [5, 5.41) is 25.9. The first kappa shape index (κ1) is 22.7. The zero-order chi connectivity index (χ0) is 26.2. The molecular weight excluding hydrogens is 477 g/mol. The summed E-state index contributed by atoms with van der Waals surface area (Å²) in [6.07, 6.45) is 6.26. The Morgan fingerprint density at radius 1 is 1.28 bits per heavy atom. The van der Waals surface area contributed by atoms with Crippen LogP contribution in [0.3, 0.4) is 0 Å². The summed E-state index contributed by atoms with van der Waals surface area (Å²) < 4.78 is 25.0. The number of aromatic nitrogens is 4. The molecule has 1 fully saturated rings. The molecule has 5 rings (SSSR count). The highest BCUT2D eigenvalue weighted by Gasteiger charge is 2.27. The Labute approximate surface area is 215 Å². The molecule has 0 aliphatic heterocycles. The van der Waals surface area contributed by atoms with Crippen LogP contribution in [0.4, 0.5) is 15.8 Å². The van der Waals surface area contributed by atoms with Gasteiger partial charge in [0.25, 0.3) is 0 Å². The minimum atomic E-state index is -1.58. The summed E-state index contributed by atoms with van der Waals surface area (Å²) in [6, 6.07) is 10.2. The van der Waals surface area contributed by atoms with Gasteiger partial charge in [-0.15, -0.1) is 5.10 Å². The van der Waals surface area contributed by atoms with E-state index in [1.807, 2.05) is 6.07 Å². The van der Waals surface area contributed by atoms with Crippen molar-refractivity contribution in [2.75, 3.05) is 17.2 Å². The quantitative estimate of drug-likeness (QED) is 0.271. The third kappa shape index (κ3) is 5.12. The van der Waals surface area contributed by atoms with Crippen LogP contribution in [0.5, 0.6) is 0 Å². The van der Waals surface area contributed by atoms with E-state index in [9.17, 15) is 11.0 Å². The second kappa shape index (κ2) is 10.1. The molecule has 0 spiro atoms. The molecule has 36 heavy (non-hydrogen) atoms. The van der Waals surface area contributed by atoms with E-state index in [0.717, 1.165) is 19.3 Å². The summed E-state index contributed by atoms with van der Waals surface area (Å²) in [5.41, 5.74) is 3.01. The van der Waals surface area contributed by atoms with Crippen molar-refractivity contribution in [2.24, 2.45) is 5.92 Å². The van der Waals surface area contributed by atoms with Crippen molar-refractivity contribution in [1.82, 2.24) is 20.0 Å². The molecule has 0 saturated heterocycles. The number of anilines is 2. The zero-order valence-electron chi connectivity index (χ0n) is 21.1. The van der Waals surface area contributed by atoms with Crippen molar-refractivity contribution in [3.8, 4) is 6.07 Å². The lowest BCUT2D eigenvalue weighted by Crippen LogP contribution is -2.13. The number of hydrogen-bond donors (Lipinski definition) is 2. The zero-order valence-corrected chi connectivity index (χ0v) is 20.8. The molecule has 7 nitrogen and oxygen atoms in total. The van der Waals surface area contributed by atoms with Crippen LogP contribution in [0.25, 0.3) is 10.9 Å². The topological polar surface area (TPSA) is 91.5 Å². The van der Waals surface area contributed by atoms with Gasteiger partial charge in [0.1, 0.15) is 17.6 Å². The molecule has 1 saturated carbocycles. The van der Waals surface area contributed by atoms with E-state index in [4.69, 9.17) is 11.6 Å². The number of nitriles is 1. The first-order chi connectivity index (χ1) is 17.8. The van der Waals surface area contributed by atoms with E-state index in [2.05, 4.69) is 45.8 Å². The number of nitrogens with one attached hydrogen (secondary N) is 2. The number of rotatable bonds is 9. The third-order valence-corrected chi connectivity index (χ3v) is 6.45. The van der Waals surface area contributed by atoms with Crippen LogP contribution in [0.2, 0.25) is 5.02 Å². The van der Waals surface area contributed by atoms with Gasteiger partial charge in [-0.1, -0.05) is 42.8 Å². The number of nitrogens with zero attached hydrogens (tertiary/aromatic N) is 5. The molecule has 184 valence electrons. The van der Waals surface area contributed by atoms with Crippen LogP contribution < -0.4 is 10.6 Å². The molecule has 2 aromatic heterocycles. The van der Waals surface area contributed by atoms with Gasteiger partial charge in [-0.25, -0.2) is 9.07 Å².